The van der Waals surface area contributed by atoms with Crippen LogP contribution in [0, 0.1) is 12.7 Å². The molecule has 0 radical (unpaired) electrons. The number of sulfone groups is 1. The molecule has 1 saturated heterocycles. The van der Waals surface area contributed by atoms with E-state index in [1.807, 2.05) is 31.2 Å². The van der Waals surface area contributed by atoms with Crippen LogP contribution in [0.1, 0.15) is 35.0 Å². The average molecular weight is 473 g/mol. The van der Waals surface area contributed by atoms with Crippen molar-refractivity contribution in [3.63, 3.8) is 0 Å². The van der Waals surface area contributed by atoms with Gasteiger partial charge in [-0.2, -0.15) is 0 Å². The van der Waals surface area contributed by atoms with E-state index in [1.165, 1.54) is 17.0 Å². The molecule has 1 amide bonds. The molecule has 1 fully saturated rings. The molecule has 1 unspecified atom stereocenters. The third-order valence-electron chi connectivity index (χ3n) is 5.68. The van der Waals surface area contributed by atoms with Gasteiger partial charge >= 0.3 is 0 Å². The standard InChI is InChI=1S/C24H25FN2O5S/c1-3-31-20-8-5-17(6-9-20)14-27(19-10-11-33(29,30)15-19)24(28)22-13-23(32-26-22)18-7-4-16(2)21(25)12-18/h4-9,12-13,19H,3,10-11,14-15H2,1-2H3. The van der Waals surface area contributed by atoms with Crippen molar-refractivity contribution in [3.8, 4) is 17.1 Å². The number of nitrogens with zero attached hydrogens (tertiary/aromatic N) is 2. The predicted octanol–water partition coefficient (Wildman–Crippen LogP) is 4.02. The summed E-state index contributed by atoms with van der Waals surface area (Å²) < 4.78 is 48.9. The minimum absolute atomic E-state index is 0.0391. The fourth-order valence-electron chi connectivity index (χ4n) is 3.85. The maximum atomic E-state index is 14.0. The minimum atomic E-state index is -3.21. The Morgan fingerprint density at radius 2 is 1.97 bits per heavy atom. The highest BCUT2D eigenvalue weighted by molar-refractivity contribution is 7.91. The number of benzene rings is 2. The van der Waals surface area contributed by atoms with Gasteiger partial charge in [-0.15, -0.1) is 0 Å². The number of rotatable bonds is 7. The van der Waals surface area contributed by atoms with E-state index in [4.69, 9.17) is 9.26 Å². The third-order valence-corrected chi connectivity index (χ3v) is 7.43. The largest absolute Gasteiger partial charge is 0.494 e. The van der Waals surface area contributed by atoms with E-state index >= 15 is 0 Å². The number of aryl methyl sites for hydroxylation is 1. The first-order valence-corrected chi connectivity index (χ1v) is 12.5. The molecule has 4 rings (SSSR count). The van der Waals surface area contributed by atoms with E-state index in [0.29, 0.717) is 29.9 Å². The van der Waals surface area contributed by atoms with Crippen LogP contribution in [-0.4, -0.2) is 48.5 Å². The number of hydrogen-bond donors (Lipinski definition) is 0. The molecule has 0 saturated carbocycles. The molecule has 0 aliphatic carbocycles. The molecular formula is C24H25FN2O5S. The fourth-order valence-corrected chi connectivity index (χ4v) is 5.58. The number of halogens is 1. The molecular weight excluding hydrogens is 447 g/mol. The van der Waals surface area contributed by atoms with Crippen LogP contribution in [0.15, 0.2) is 53.1 Å². The summed E-state index contributed by atoms with van der Waals surface area (Å²) in [5, 5.41) is 3.90. The van der Waals surface area contributed by atoms with E-state index in [0.717, 1.165) is 5.56 Å². The van der Waals surface area contributed by atoms with Crippen LogP contribution in [0.4, 0.5) is 4.39 Å². The Labute approximate surface area is 192 Å². The van der Waals surface area contributed by atoms with Crippen molar-refractivity contribution in [1.29, 1.82) is 0 Å². The van der Waals surface area contributed by atoms with E-state index < -0.39 is 21.8 Å². The van der Waals surface area contributed by atoms with Crippen molar-refractivity contribution in [3.05, 3.63) is 71.2 Å². The van der Waals surface area contributed by atoms with E-state index in [9.17, 15) is 17.6 Å². The lowest BCUT2D eigenvalue weighted by Gasteiger charge is -2.27. The van der Waals surface area contributed by atoms with Gasteiger partial charge in [-0.1, -0.05) is 29.4 Å². The minimum Gasteiger partial charge on any atom is -0.494 e. The molecule has 9 heteroatoms. The first-order chi connectivity index (χ1) is 15.8. The van der Waals surface area contributed by atoms with Crippen LogP contribution in [0.5, 0.6) is 5.75 Å². The lowest BCUT2D eigenvalue weighted by molar-refractivity contribution is 0.0670. The maximum absolute atomic E-state index is 14.0. The summed E-state index contributed by atoms with van der Waals surface area (Å²) in [4.78, 5) is 14.9. The van der Waals surface area contributed by atoms with Crippen LogP contribution in [0.3, 0.4) is 0 Å². The normalized spacial score (nSPS) is 17.1. The number of hydrogen-bond acceptors (Lipinski definition) is 6. The average Bonchev–Trinajstić information content (AvgIpc) is 3.41. The van der Waals surface area contributed by atoms with Crippen molar-refractivity contribution in [2.45, 2.75) is 32.9 Å². The summed E-state index contributed by atoms with van der Waals surface area (Å²) in [5.74, 6) is 0.103. The maximum Gasteiger partial charge on any atom is 0.276 e. The molecule has 174 valence electrons. The fraction of sp³-hybridized carbons (Fsp3) is 0.333. The number of ether oxygens (including phenoxy) is 1. The van der Waals surface area contributed by atoms with E-state index in [1.54, 1.807) is 19.1 Å². The van der Waals surface area contributed by atoms with Gasteiger partial charge in [0.25, 0.3) is 5.91 Å². The molecule has 3 aromatic rings. The molecule has 2 heterocycles. The van der Waals surface area contributed by atoms with E-state index in [-0.39, 0.29) is 35.3 Å². The van der Waals surface area contributed by atoms with Gasteiger partial charge in [0.2, 0.25) is 0 Å². The second-order valence-corrected chi connectivity index (χ2v) is 10.3. The zero-order chi connectivity index (χ0) is 23.6. The zero-order valence-corrected chi connectivity index (χ0v) is 19.3. The molecule has 0 bridgehead atoms. The Kier molecular flexibility index (Phi) is 6.51. The first-order valence-electron chi connectivity index (χ1n) is 10.7. The molecule has 33 heavy (non-hydrogen) atoms. The number of carbonyl (C=O) groups is 1. The lowest BCUT2D eigenvalue weighted by Crippen LogP contribution is -2.40. The summed E-state index contributed by atoms with van der Waals surface area (Å²) in [5.41, 5.74) is 1.84. The van der Waals surface area contributed by atoms with Crippen LogP contribution < -0.4 is 4.74 Å². The zero-order valence-electron chi connectivity index (χ0n) is 18.5. The van der Waals surface area contributed by atoms with Crippen molar-refractivity contribution in [1.82, 2.24) is 10.1 Å². The smallest absolute Gasteiger partial charge is 0.276 e. The molecule has 1 aliphatic rings. The van der Waals surface area contributed by atoms with Crippen LogP contribution in [0.2, 0.25) is 0 Å². The van der Waals surface area contributed by atoms with Gasteiger partial charge in [0.1, 0.15) is 11.6 Å². The lowest BCUT2D eigenvalue weighted by atomic mass is 10.1. The second-order valence-electron chi connectivity index (χ2n) is 8.11. The van der Waals surface area contributed by atoms with Crippen LogP contribution >= 0.6 is 0 Å². The van der Waals surface area contributed by atoms with Gasteiger partial charge in [-0.25, -0.2) is 12.8 Å². The monoisotopic (exact) mass is 472 g/mol. The summed E-state index contributed by atoms with van der Waals surface area (Å²) in [7, 11) is -3.21. The van der Waals surface area contributed by atoms with Crippen molar-refractivity contribution >= 4 is 15.7 Å². The highest BCUT2D eigenvalue weighted by Crippen LogP contribution is 2.26. The second kappa shape index (κ2) is 9.35. The Hall–Kier alpha value is -3.20. The first kappa shape index (κ1) is 23.0. The quantitative estimate of drug-likeness (QED) is 0.516. The number of carbonyl (C=O) groups excluding carboxylic acids is 1. The highest BCUT2D eigenvalue weighted by Gasteiger charge is 2.36. The van der Waals surface area contributed by atoms with Gasteiger partial charge in [0.05, 0.1) is 18.1 Å². The summed E-state index contributed by atoms with van der Waals surface area (Å²) in [6.45, 7) is 4.31. The summed E-state index contributed by atoms with van der Waals surface area (Å²) >= 11 is 0. The van der Waals surface area contributed by atoms with Gasteiger partial charge in [0.15, 0.2) is 21.3 Å². The van der Waals surface area contributed by atoms with Crippen molar-refractivity contribution < 1.29 is 26.9 Å². The van der Waals surface area contributed by atoms with Gasteiger partial charge in [0, 0.05) is 24.2 Å². The van der Waals surface area contributed by atoms with Gasteiger partial charge in [-0.05, 0) is 49.6 Å². The SMILES string of the molecule is CCOc1ccc(CN(C(=O)c2cc(-c3ccc(C)c(F)c3)on2)C2CCS(=O)(=O)C2)cc1. The van der Waals surface area contributed by atoms with Crippen LogP contribution in [0.25, 0.3) is 11.3 Å². The number of amides is 1. The highest BCUT2D eigenvalue weighted by atomic mass is 32.2. The predicted molar refractivity (Wildman–Crippen MR) is 121 cm³/mol. The Balaban J connectivity index is 1.60. The van der Waals surface area contributed by atoms with Crippen LogP contribution in [-0.2, 0) is 16.4 Å². The summed E-state index contributed by atoms with van der Waals surface area (Å²) in [6.07, 6.45) is 0.360. The molecule has 7 nitrogen and oxygen atoms in total. The summed E-state index contributed by atoms with van der Waals surface area (Å²) in [6, 6.07) is 12.9. The van der Waals surface area contributed by atoms with Gasteiger partial charge < -0.3 is 14.2 Å². The number of aromatic nitrogens is 1. The third kappa shape index (κ3) is 5.24. The molecule has 1 aromatic heterocycles. The molecule has 1 aliphatic heterocycles. The Bertz CT molecular complexity index is 1250. The molecule has 2 aromatic carbocycles. The van der Waals surface area contributed by atoms with E-state index in [2.05, 4.69) is 5.16 Å². The molecule has 0 N–H and O–H groups in total. The van der Waals surface area contributed by atoms with Gasteiger partial charge in [-0.3, -0.25) is 4.79 Å². The Morgan fingerprint density at radius 3 is 2.61 bits per heavy atom. The topological polar surface area (TPSA) is 89.7 Å². The van der Waals surface area contributed by atoms with Crippen molar-refractivity contribution in [2.24, 2.45) is 0 Å². The molecule has 0 spiro atoms. The molecule has 1 atom stereocenters. The van der Waals surface area contributed by atoms with Crippen molar-refractivity contribution in [2.75, 3.05) is 18.1 Å². The Morgan fingerprint density at radius 1 is 1.21 bits per heavy atom.